The monoisotopic (exact) mass is 329 g/mol. The van der Waals surface area contributed by atoms with Gasteiger partial charge in [-0.25, -0.2) is 0 Å². The zero-order chi connectivity index (χ0) is 14.9. The summed E-state index contributed by atoms with van der Waals surface area (Å²) in [5, 5.41) is 3.93. The minimum absolute atomic E-state index is 0.117. The molecule has 1 aromatic rings. The summed E-state index contributed by atoms with van der Waals surface area (Å²) < 4.78 is 11.4. The average molecular weight is 330 g/mol. The lowest BCUT2D eigenvalue weighted by Gasteiger charge is -2.35. The van der Waals surface area contributed by atoms with E-state index in [1.807, 2.05) is 0 Å². The van der Waals surface area contributed by atoms with Crippen LogP contribution in [0.25, 0.3) is 0 Å². The van der Waals surface area contributed by atoms with Crippen molar-refractivity contribution in [3.05, 3.63) is 33.8 Å². The largest absolute Gasteiger partial charge is 0.349 e. The predicted molar refractivity (Wildman–Crippen MR) is 80.8 cm³/mol. The van der Waals surface area contributed by atoms with E-state index in [1.165, 1.54) is 0 Å². The lowest BCUT2D eigenvalue weighted by Crippen LogP contribution is -2.44. The van der Waals surface area contributed by atoms with Gasteiger partial charge in [0, 0.05) is 23.9 Å². The molecule has 1 N–H and O–H groups in total. The summed E-state index contributed by atoms with van der Waals surface area (Å²) in [5.41, 5.74) is 0.415. The highest BCUT2D eigenvalue weighted by molar-refractivity contribution is 6.35. The molecule has 1 amide bonds. The summed E-state index contributed by atoms with van der Waals surface area (Å²) in [7, 11) is 0. The van der Waals surface area contributed by atoms with E-state index >= 15 is 0 Å². The van der Waals surface area contributed by atoms with Crippen molar-refractivity contribution < 1.29 is 14.3 Å². The minimum Gasteiger partial charge on any atom is -0.349 e. The van der Waals surface area contributed by atoms with Crippen molar-refractivity contribution in [2.45, 2.75) is 37.5 Å². The van der Waals surface area contributed by atoms with Gasteiger partial charge >= 0.3 is 0 Å². The molecule has 1 aliphatic heterocycles. The van der Waals surface area contributed by atoms with Crippen molar-refractivity contribution in [2.75, 3.05) is 13.2 Å². The predicted octanol–water partition coefficient (Wildman–Crippen LogP) is 3.41. The number of carbonyl (C=O) groups excluding carboxylic acids is 1. The van der Waals surface area contributed by atoms with E-state index in [1.54, 1.807) is 18.2 Å². The second-order valence-corrected chi connectivity index (χ2v) is 6.32. The van der Waals surface area contributed by atoms with Crippen molar-refractivity contribution in [1.29, 1.82) is 0 Å². The maximum atomic E-state index is 12.3. The number of ether oxygens (including phenoxy) is 2. The molecule has 114 valence electrons. The van der Waals surface area contributed by atoms with Crippen LogP contribution in [0.4, 0.5) is 0 Å². The number of rotatable bonds is 2. The van der Waals surface area contributed by atoms with Crippen molar-refractivity contribution in [2.24, 2.45) is 0 Å². The molecule has 1 saturated carbocycles. The number of nitrogens with one attached hydrogen (secondary N) is 1. The van der Waals surface area contributed by atoms with E-state index in [9.17, 15) is 4.79 Å². The Labute approximate surface area is 133 Å². The first-order valence-corrected chi connectivity index (χ1v) is 7.87. The molecule has 1 aromatic carbocycles. The first kappa shape index (κ1) is 15.1. The first-order chi connectivity index (χ1) is 10.1. The van der Waals surface area contributed by atoms with Gasteiger partial charge in [-0.2, -0.15) is 0 Å². The zero-order valence-electron chi connectivity index (χ0n) is 11.5. The third kappa shape index (κ3) is 3.34. The Morgan fingerprint density at radius 1 is 1.19 bits per heavy atom. The van der Waals surface area contributed by atoms with Crippen LogP contribution in [-0.4, -0.2) is 30.9 Å². The molecule has 0 bridgehead atoms. The molecule has 1 saturated heterocycles. The zero-order valence-corrected chi connectivity index (χ0v) is 13.0. The highest BCUT2D eigenvalue weighted by atomic mass is 35.5. The third-order valence-electron chi connectivity index (χ3n) is 4.07. The highest BCUT2D eigenvalue weighted by Crippen LogP contribution is 2.35. The Hall–Kier alpha value is -0.810. The summed E-state index contributed by atoms with van der Waals surface area (Å²) in [5.74, 6) is -0.591. The summed E-state index contributed by atoms with van der Waals surface area (Å²) in [6.45, 7) is 1.32. The van der Waals surface area contributed by atoms with Gasteiger partial charge in [-0.1, -0.05) is 23.2 Å². The number of hydrogen-bond donors (Lipinski definition) is 1. The molecule has 2 aliphatic rings. The van der Waals surface area contributed by atoms with E-state index in [0.717, 1.165) is 25.7 Å². The van der Waals surface area contributed by atoms with Crippen LogP contribution >= 0.6 is 23.2 Å². The standard InChI is InChI=1S/C15H17Cl2NO3/c16-10-1-2-13(17)12(9-10)14(19)18-11-3-5-15(6-4-11)20-7-8-21-15/h1-2,9,11H,3-8H2,(H,18,19). The first-order valence-electron chi connectivity index (χ1n) is 7.12. The van der Waals surface area contributed by atoms with Gasteiger partial charge in [0.05, 0.1) is 23.8 Å². The molecule has 0 atom stereocenters. The fourth-order valence-corrected chi connectivity index (χ4v) is 3.30. The lowest BCUT2D eigenvalue weighted by molar-refractivity contribution is -0.179. The van der Waals surface area contributed by atoms with E-state index in [-0.39, 0.29) is 11.9 Å². The Kier molecular flexibility index (Phi) is 4.41. The molecule has 0 radical (unpaired) electrons. The van der Waals surface area contributed by atoms with Gasteiger partial charge in [0.1, 0.15) is 0 Å². The number of halogens is 2. The second kappa shape index (κ2) is 6.13. The van der Waals surface area contributed by atoms with Gasteiger partial charge in [0.25, 0.3) is 5.91 Å². The molecule has 3 rings (SSSR count). The topological polar surface area (TPSA) is 47.6 Å². The smallest absolute Gasteiger partial charge is 0.253 e. The van der Waals surface area contributed by atoms with Crippen LogP contribution < -0.4 is 5.32 Å². The third-order valence-corrected chi connectivity index (χ3v) is 4.63. The Morgan fingerprint density at radius 2 is 1.86 bits per heavy atom. The molecule has 6 heteroatoms. The Bertz CT molecular complexity index is 534. The van der Waals surface area contributed by atoms with E-state index in [4.69, 9.17) is 32.7 Å². The average Bonchev–Trinajstić information content (AvgIpc) is 2.93. The Morgan fingerprint density at radius 3 is 2.52 bits per heavy atom. The summed E-state index contributed by atoms with van der Waals surface area (Å²) >= 11 is 12.0. The van der Waals surface area contributed by atoms with Crippen LogP contribution in [0.15, 0.2) is 18.2 Å². The number of amides is 1. The molecule has 1 aliphatic carbocycles. The second-order valence-electron chi connectivity index (χ2n) is 5.48. The fourth-order valence-electron chi connectivity index (χ4n) is 2.92. The molecule has 4 nitrogen and oxygen atoms in total. The minimum atomic E-state index is -0.408. The van der Waals surface area contributed by atoms with Crippen LogP contribution in [-0.2, 0) is 9.47 Å². The lowest BCUT2D eigenvalue weighted by atomic mass is 9.90. The number of hydrogen-bond acceptors (Lipinski definition) is 3. The van der Waals surface area contributed by atoms with E-state index in [2.05, 4.69) is 5.32 Å². The Balaban J connectivity index is 1.60. The maximum absolute atomic E-state index is 12.3. The number of benzene rings is 1. The molecule has 0 unspecified atom stereocenters. The molecule has 1 heterocycles. The number of carbonyl (C=O) groups is 1. The molecule has 21 heavy (non-hydrogen) atoms. The molecule has 0 aromatic heterocycles. The highest BCUT2D eigenvalue weighted by Gasteiger charge is 2.40. The van der Waals surface area contributed by atoms with Gasteiger partial charge in [0.15, 0.2) is 5.79 Å². The summed E-state index contributed by atoms with van der Waals surface area (Å²) in [6, 6.07) is 5.01. The van der Waals surface area contributed by atoms with Gasteiger partial charge in [-0.05, 0) is 31.0 Å². The van der Waals surface area contributed by atoms with Crippen LogP contribution in [0.5, 0.6) is 0 Å². The summed E-state index contributed by atoms with van der Waals surface area (Å²) in [4.78, 5) is 12.3. The van der Waals surface area contributed by atoms with Crippen LogP contribution in [0.3, 0.4) is 0 Å². The SMILES string of the molecule is O=C(NC1CCC2(CC1)OCCO2)c1cc(Cl)ccc1Cl. The maximum Gasteiger partial charge on any atom is 0.253 e. The van der Waals surface area contributed by atoms with Gasteiger partial charge in [-0.3, -0.25) is 4.79 Å². The van der Waals surface area contributed by atoms with Crippen LogP contribution in [0, 0.1) is 0 Å². The quantitative estimate of drug-likeness (QED) is 0.904. The van der Waals surface area contributed by atoms with Gasteiger partial charge < -0.3 is 14.8 Å². The van der Waals surface area contributed by atoms with Crippen LogP contribution in [0.2, 0.25) is 10.0 Å². The molecular weight excluding hydrogens is 313 g/mol. The molecule has 2 fully saturated rings. The van der Waals surface area contributed by atoms with E-state index in [0.29, 0.717) is 28.8 Å². The fraction of sp³-hybridized carbons (Fsp3) is 0.533. The van der Waals surface area contributed by atoms with E-state index < -0.39 is 5.79 Å². The van der Waals surface area contributed by atoms with Gasteiger partial charge in [0.2, 0.25) is 0 Å². The normalized spacial score (nSPS) is 21.6. The summed E-state index contributed by atoms with van der Waals surface area (Å²) in [6.07, 6.45) is 3.29. The van der Waals surface area contributed by atoms with Crippen molar-refractivity contribution >= 4 is 29.1 Å². The molecule has 1 spiro atoms. The molecular formula is C15H17Cl2NO3. The van der Waals surface area contributed by atoms with Crippen LogP contribution in [0.1, 0.15) is 36.0 Å². The van der Waals surface area contributed by atoms with Gasteiger partial charge in [-0.15, -0.1) is 0 Å². The van der Waals surface area contributed by atoms with Crippen molar-refractivity contribution in [3.63, 3.8) is 0 Å². The van der Waals surface area contributed by atoms with Crippen molar-refractivity contribution in [3.8, 4) is 0 Å². The van der Waals surface area contributed by atoms with Crippen molar-refractivity contribution in [1.82, 2.24) is 5.32 Å².